The molecular formula is C17H19ClN6O4S. The van der Waals surface area contributed by atoms with E-state index in [1.807, 2.05) is 0 Å². The second-order valence-electron chi connectivity index (χ2n) is 6.39. The smallest absolute Gasteiger partial charge is 0.344 e. The Balaban J connectivity index is 1.47. The average Bonchev–Trinajstić information content (AvgIpc) is 3.24. The zero-order valence-corrected chi connectivity index (χ0v) is 17.3. The van der Waals surface area contributed by atoms with Gasteiger partial charge in [-0.25, -0.2) is 9.78 Å². The lowest BCUT2D eigenvalue weighted by Crippen LogP contribution is -2.49. The molecule has 0 saturated carbocycles. The molecule has 0 spiro atoms. The topological polar surface area (TPSA) is 129 Å². The molecule has 2 aromatic rings. The van der Waals surface area contributed by atoms with Gasteiger partial charge in [-0.3, -0.25) is 20.1 Å². The summed E-state index contributed by atoms with van der Waals surface area (Å²) >= 11 is 6.88. The molecule has 3 rings (SSSR count). The van der Waals surface area contributed by atoms with E-state index in [0.717, 1.165) is 11.8 Å². The maximum atomic E-state index is 12.3. The zero-order valence-electron chi connectivity index (χ0n) is 15.7. The number of H-pyrrole nitrogens is 1. The van der Waals surface area contributed by atoms with Gasteiger partial charge in [-0.05, 0) is 37.6 Å². The summed E-state index contributed by atoms with van der Waals surface area (Å²) in [6.07, 6.45) is 0.413. The predicted molar refractivity (Wildman–Crippen MR) is 105 cm³/mol. The molecule has 4 amide bonds. The van der Waals surface area contributed by atoms with E-state index in [1.54, 1.807) is 38.1 Å². The zero-order chi connectivity index (χ0) is 21.0. The maximum Gasteiger partial charge on any atom is 0.344 e. The molecule has 12 heteroatoms. The van der Waals surface area contributed by atoms with Crippen LogP contribution in [0.25, 0.3) is 0 Å². The standard InChI is InChI=1S/C17H19ClN6O4S/c1-3-17(2)14(26)24(16(27)20-17)23-13(25)9-29-15-19-12(21-22-15)8-28-11-6-4-10(18)5-7-11/h4-7H,3,8-9H2,1-2H3,(H,20,27)(H,23,25)(H,19,21,22). The number of imide groups is 1. The van der Waals surface area contributed by atoms with Gasteiger partial charge < -0.3 is 10.1 Å². The Labute approximate surface area is 175 Å². The van der Waals surface area contributed by atoms with Crippen LogP contribution in [-0.4, -0.2) is 49.3 Å². The number of amides is 4. The summed E-state index contributed by atoms with van der Waals surface area (Å²) in [5.41, 5.74) is 1.29. The summed E-state index contributed by atoms with van der Waals surface area (Å²) in [6, 6.07) is 6.24. The van der Waals surface area contributed by atoms with Gasteiger partial charge in [-0.1, -0.05) is 30.3 Å². The molecule has 1 saturated heterocycles. The predicted octanol–water partition coefficient (Wildman–Crippen LogP) is 1.88. The van der Waals surface area contributed by atoms with E-state index in [9.17, 15) is 14.4 Å². The van der Waals surface area contributed by atoms with Crippen molar-refractivity contribution in [1.82, 2.24) is 30.9 Å². The number of benzene rings is 1. The number of nitrogens with one attached hydrogen (secondary N) is 3. The molecule has 1 unspecified atom stereocenters. The van der Waals surface area contributed by atoms with Crippen molar-refractivity contribution < 1.29 is 19.1 Å². The first-order valence-corrected chi connectivity index (χ1v) is 10.1. The molecule has 1 aliphatic rings. The fourth-order valence-corrected chi connectivity index (χ4v) is 3.14. The SMILES string of the molecule is CCC1(C)NC(=O)N(NC(=O)CSc2n[nH]c(COc3ccc(Cl)cc3)n2)C1=O. The van der Waals surface area contributed by atoms with Gasteiger partial charge in [0.05, 0.1) is 5.75 Å². The van der Waals surface area contributed by atoms with Gasteiger partial charge >= 0.3 is 6.03 Å². The highest BCUT2D eigenvalue weighted by Crippen LogP contribution is 2.20. The molecule has 0 bridgehead atoms. The Bertz CT molecular complexity index is 921. The number of hydrazine groups is 1. The third kappa shape index (κ3) is 4.98. The fraction of sp³-hybridized carbons (Fsp3) is 0.353. The maximum absolute atomic E-state index is 12.3. The molecule has 2 heterocycles. The number of aromatic amines is 1. The normalized spacial score (nSPS) is 18.7. The highest BCUT2D eigenvalue weighted by atomic mass is 35.5. The number of ether oxygens (including phenoxy) is 1. The van der Waals surface area contributed by atoms with Crippen LogP contribution in [-0.2, 0) is 16.2 Å². The van der Waals surface area contributed by atoms with Gasteiger partial charge in [-0.2, -0.15) is 5.01 Å². The third-order valence-electron chi connectivity index (χ3n) is 4.24. The van der Waals surface area contributed by atoms with Gasteiger partial charge in [-0.15, -0.1) is 5.10 Å². The first-order chi connectivity index (χ1) is 13.8. The van der Waals surface area contributed by atoms with Crippen LogP contribution in [0.2, 0.25) is 5.02 Å². The van der Waals surface area contributed by atoms with Crippen LogP contribution in [0.1, 0.15) is 26.1 Å². The van der Waals surface area contributed by atoms with Gasteiger partial charge in [0.15, 0.2) is 5.82 Å². The molecule has 10 nitrogen and oxygen atoms in total. The number of nitrogens with zero attached hydrogens (tertiary/aromatic N) is 3. The molecule has 1 aliphatic heterocycles. The van der Waals surface area contributed by atoms with Crippen molar-refractivity contribution in [3.05, 3.63) is 35.1 Å². The Morgan fingerprint density at radius 1 is 1.34 bits per heavy atom. The van der Waals surface area contributed by atoms with Crippen molar-refractivity contribution in [2.45, 2.75) is 37.6 Å². The molecule has 1 aromatic carbocycles. The minimum atomic E-state index is -1.01. The summed E-state index contributed by atoms with van der Waals surface area (Å²) in [4.78, 5) is 40.5. The molecule has 0 radical (unpaired) electrons. The molecule has 1 atom stereocenters. The summed E-state index contributed by atoms with van der Waals surface area (Å²) in [5, 5.41) is 10.9. The number of halogens is 1. The van der Waals surface area contributed by atoms with E-state index in [4.69, 9.17) is 16.3 Å². The number of aromatic nitrogens is 3. The number of hydrogen-bond donors (Lipinski definition) is 3. The van der Waals surface area contributed by atoms with Crippen LogP contribution >= 0.6 is 23.4 Å². The highest BCUT2D eigenvalue weighted by molar-refractivity contribution is 7.99. The summed E-state index contributed by atoms with van der Waals surface area (Å²) in [7, 11) is 0. The molecule has 0 aliphatic carbocycles. The first kappa shape index (κ1) is 20.9. The summed E-state index contributed by atoms with van der Waals surface area (Å²) in [6.45, 7) is 3.55. The number of hydrogen-bond acceptors (Lipinski definition) is 7. The number of thioether (sulfide) groups is 1. The number of rotatable bonds is 8. The van der Waals surface area contributed by atoms with E-state index in [2.05, 4.69) is 25.9 Å². The molecule has 3 N–H and O–H groups in total. The van der Waals surface area contributed by atoms with E-state index < -0.39 is 23.4 Å². The molecule has 1 fully saturated rings. The molecule has 29 heavy (non-hydrogen) atoms. The Morgan fingerprint density at radius 3 is 2.72 bits per heavy atom. The largest absolute Gasteiger partial charge is 0.486 e. The van der Waals surface area contributed by atoms with E-state index in [-0.39, 0.29) is 12.4 Å². The minimum absolute atomic E-state index is 0.0742. The van der Waals surface area contributed by atoms with Crippen LogP contribution in [0.4, 0.5) is 4.79 Å². The molecular weight excluding hydrogens is 420 g/mol. The quantitative estimate of drug-likeness (QED) is 0.423. The number of carbonyl (C=O) groups excluding carboxylic acids is 3. The third-order valence-corrected chi connectivity index (χ3v) is 5.34. The highest BCUT2D eigenvalue weighted by Gasteiger charge is 2.47. The number of carbonyl (C=O) groups is 3. The Kier molecular flexibility index (Phi) is 6.28. The van der Waals surface area contributed by atoms with Crippen LogP contribution in [0.3, 0.4) is 0 Å². The van der Waals surface area contributed by atoms with Gasteiger partial charge in [0.25, 0.3) is 5.91 Å². The monoisotopic (exact) mass is 438 g/mol. The van der Waals surface area contributed by atoms with Crippen molar-refractivity contribution in [3.8, 4) is 5.75 Å². The molecule has 154 valence electrons. The average molecular weight is 439 g/mol. The van der Waals surface area contributed by atoms with Crippen molar-refractivity contribution >= 4 is 41.2 Å². The van der Waals surface area contributed by atoms with Crippen molar-refractivity contribution in [1.29, 1.82) is 0 Å². The van der Waals surface area contributed by atoms with Crippen LogP contribution in [0.15, 0.2) is 29.4 Å². The number of urea groups is 1. The Hall–Kier alpha value is -2.79. The van der Waals surface area contributed by atoms with Gasteiger partial charge in [0.2, 0.25) is 11.1 Å². The second kappa shape index (κ2) is 8.70. The van der Waals surface area contributed by atoms with E-state index >= 15 is 0 Å². The fourth-order valence-electron chi connectivity index (χ4n) is 2.40. The van der Waals surface area contributed by atoms with Gasteiger partial charge in [0, 0.05) is 5.02 Å². The lowest BCUT2D eigenvalue weighted by molar-refractivity contribution is -0.137. The van der Waals surface area contributed by atoms with E-state index in [0.29, 0.717) is 33.2 Å². The Morgan fingerprint density at radius 2 is 2.07 bits per heavy atom. The van der Waals surface area contributed by atoms with Crippen molar-refractivity contribution in [2.24, 2.45) is 0 Å². The first-order valence-electron chi connectivity index (χ1n) is 8.69. The van der Waals surface area contributed by atoms with E-state index in [1.165, 1.54) is 0 Å². The minimum Gasteiger partial charge on any atom is -0.486 e. The van der Waals surface area contributed by atoms with Crippen molar-refractivity contribution in [3.63, 3.8) is 0 Å². The van der Waals surface area contributed by atoms with Gasteiger partial charge in [0.1, 0.15) is 17.9 Å². The van der Waals surface area contributed by atoms with Crippen molar-refractivity contribution in [2.75, 3.05) is 5.75 Å². The molecule has 1 aromatic heterocycles. The summed E-state index contributed by atoms with van der Waals surface area (Å²) in [5.74, 6) is 0.0167. The van der Waals surface area contributed by atoms with Crippen LogP contribution in [0.5, 0.6) is 5.75 Å². The van der Waals surface area contributed by atoms with Crippen LogP contribution < -0.4 is 15.5 Å². The summed E-state index contributed by atoms with van der Waals surface area (Å²) < 4.78 is 5.56. The second-order valence-corrected chi connectivity index (χ2v) is 7.77. The van der Waals surface area contributed by atoms with Crippen LogP contribution in [0, 0.1) is 0 Å². The lowest BCUT2D eigenvalue weighted by Gasteiger charge is -2.19. The lowest BCUT2D eigenvalue weighted by atomic mass is 10.00.